The molecule has 37 heavy (non-hydrogen) atoms. The smallest absolute Gasteiger partial charge is 0.417 e. The molecule has 9 nitrogen and oxygen atoms in total. The van der Waals surface area contributed by atoms with E-state index in [1.54, 1.807) is 4.90 Å². The Bertz CT molecular complexity index is 1510. The molecule has 0 bridgehead atoms. The first-order chi connectivity index (χ1) is 17.5. The van der Waals surface area contributed by atoms with Crippen molar-refractivity contribution in [1.29, 1.82) is 0 Å². The number of aliphatic carboxylic acids is 1. The van der Waals surface area contributed by atoms with E-state index in [1.807, 2.05) is 0 Å². The summed E-state index contributed by atoms with van der Waals surface area (Å²) in [5, 5.41) is 12.5. The molecule has 0 amide bonds. The van der Waals surface area contributed by atoms with Gasteiger partial charge in [0.15, 0.2) is 17.2 Å². The number of halogens is 6. The van der Waals surface area contributed by atoms with Crippen LogP contribution >= 0.6 is 23.2 Å². The minimum absolute atomic E-state index is 0.0451. The third-order valence-corrected chi connectivity index (χ3v) is 6.21. The van der Waals surface area contributed by atoms with Crippen molar-refractivity contribution in [3.8, 4) is 28.7 Å². The molecule has 1 saturated heterocycles. The largest absolute Gasteiger partial charge is 0.486 e. The van der Waals surface area contributed by atoms with Gasteiger partial charge in [-0.3, -0.25) is 9.69 Å². The van der Waals surface area contributed by atoms with Crippen molar-refractivity contribution in [1.82, 2.24) is 24.4 Å². The number of hydrogen-bond acceptors (Lipinski definition) is 7. The number of nitrogens with zero attached hydrogens (tertiary/aromatic N) is 5. The number of carboxylic acid groups (broad SMARTS) is 1. The van der Waals surface area contributed by atoms with E-state index in [0.717, 1.165) is 22.7 Å². The van der Waals surface area contributed by atoms with Crippen LogP contribution in [0.25, 0.3) is 28.6 Å². The fourth-order valence-electron chi connectivity index (χ4n) is 3.95. The first-order valence-electron chi connectivity index (χ1n) is 10.7. The quantitative estimate of drug-likeness (QED) is 0.327. The summed E-state index contributed by atoms with van der Waals surface area (Å²) in [4.78, 5) is 20.8. The van der Waals surface area contributed by atoms with E-state index in [0.29, 0.717) is 19.5 Å². The minimum Gasteiger partial charge on any atom is -0.486 e. The first-order valence-corrected chi connectivity index (χ1v) is 11.4. The molecule has 3 aromatic heterocycles. The Morgan fingerprint density at radius 3 is 2.70 bits per heavy atom. The Kier molecular flexibility index (Phi) is 6.46. The molecule has 0 radical (unpaired) electrons. The van der Waals surface area contributed by atoms with E-state index in [1.165, 1.54) is 12.3 Å². The van der Waals surface area contributed by atoms with Crippen molar-refractivity contribution in [3.63, 3.8) is 0 Å². The number of rotatable bonds is 6. The highest BCUT2D eigenvalue weighted by Crippen LogP contribution is 2.35. The predicted octanol–water partition coefficient (Wildman–Crippen LogP) is 5.05. The number of hydrogen-bond donors (Lipinski definition) is 1. The average molecular weight is 560 g/mol. The van der Waals surface area contributed by atoms with Gasteiger partial charge in [0.1, 0.15) is 11.8 Å². The summed E-state index contributed by atoms with van der Waals surface area (Å²) < 4.78 is 66.0. The van der Waals surface area contributed by atoms with Gasteiger partial charge in [-0.1, -0.05) is 28.4 Å². The number of imidazole rings is 1. The second-order valence-corrected chi connectivity index (χ2v) is 9.09. The van der Waals surface area contributed by atoms with Gasteiger partial charge in [0.25, 0.3) is 5.89 Å². The lowest BCUT2D eigenvalue weighted by atomic mass is 10.2. The zero-order chi connectivity index (χ0) is 26.5. The summed E-state index contributed by atoms with van der Waals surface area (Å²) in [6.07, 6.45) is -2.43. The van der Waals surface area contributed by atoms with Crippen molar-refractivity contribution >= 4 is 34.8 Å². The molecule has 1 aliphatic heterocycles. The van der Waals surface area contributed by atoms with Crippen molar-refractivity contribution < 1.29 is 36.7 Å². The van der Waals surface area contributed by atoms with E-state index in [2.05, 4.69) is 15.1 Å². The highest BCUT2D eigenvalue weighted by molar-refractivity contribution is 6.33. The number of alkyl halides is 3. The van der Waals surface area contributed by atoms with Gasteiger partial charge in [-0.2, -0.15) is 18.2 Å². The molecule has 4 aromatic rings. The molecule has 0 aliphatic carbocycles. The second kappa shape index (κ2) is 9.47. The molecular formula is C22H15Cl2F4N5O4. The lowest BCUT2D eigenvalue weighted by molar-refractivity contribution is -0.138. The number of carbonyl (C=O) groups is 1. The Morgan fingerprint density at radius 2 is 1.97 bits per heavy atom. The fourth-order valence-corrected chi connectivity index (χ4v) is 4.45. The average Bonchev–Trinajstić information content (AvgIpc) is 3.54. The molecule has 1 N–H and O–H groups in total. The molecule has 1 aromatic carbocycles. The van der Waals surface area contributed by atoms with Crippen LogP contribution in [0.4, 0.5) is 17.6 Å². The third kappa shape index (κ3) is 5.20. The summed E-state index contributed by atoms with van der Waals surface area (Å²) in [6.45, 7) is 0.693. The Balaban J connectivity index is 1.38. The lowest BCUT2D eigenvalue weighted by Crippen LogP contribution is -2.29. The first kappa shape index (κ1) is 25.2. The molecule has 4 heterocycles. The van der Waals surface area contributed by atoms with Gasteiger partial charge < -0.3 is 18.8 Å². The zero-order valence-corrected chi connectivity index (χ0v) is 20.0. The molecule has 0 spiro atoms. The molecule has 1 unspecified atom stereocenters. The maximum atomic E-state index is 14.8. The van der Waals surface area contributed by atoms with Crippen molar-refractivity contribution in [2.24, 2.45) is 0 Å². The van der Waals surface area contributed by atoms with E-state index >= 15 is 0 Å². The van der Waals surface area contributed by atoms with Crippen LogP contribution in [0.2, 0.25) is 10.0 Å². The van der Waals surface area contributed by atoms with Gasteiger partial charge in [-0.15, -0.1) is 0 Å². The van der Waals surface area contributed by atoms with E-state index in [4.69, 9.17) is 37.6 Å². The second-order valence-electron chi connectivity index (χ2n) is 8.27. The van der Waals surface area contributed by atoms with E-state index in [-0.39, 0.29) is 51.0 Å². The van der Waals surface area contributed by atoms with Crippen LogP contribution in [0.15, 0.2) is 35.1 Å². The maximum absolute atomic E-state index is 14.8. The minimum atomic E-state index is -4.60. The van der Waals surface area contributed by atoms with Crippen molar-refractivity contribution in [3.05, 3.63) is 52.0 Å². The summed E-state index contributed by atoms with van der Waals surface area (Å²) in [6, 6.07) is 3.08. The number of benzene rings is 1. The number of likely N-dealkylation sites (tertiary alicyclic amines) is 1. The van der Waals surface area contributed by atoms with Crippen LogP contribution in [0.5, 0.6) is 5.75 Å². The molecule has 0 saturated carbocycles. The van der Waals surface area contributed by atoms with Gasteiger partial charge in [0.2, 0.25) is 5.82 Å². The third-order valence-electron chi connectivity index (χ3n) is 5.62. The number of carboxylic acids is 1. The van der Waals surface area contributed by atoms with E-state index < -0.39 is 29.6 Å². The van der Waals surface area contributed by atoms with Gasteiger partial charge in [0, 0.05) is 37.1 Å². The zero-order valence-electron chi connectivity index (χ0n) is 18.5. The summed E-state index contributed by atoms with van der Waals surface area (Å²) in [7, 11) is 0. The summed E-state index contributed by atoms with van der Waals surface area (Å²) in [5.74, 6) is -2.06. The molecule has 15 heteroatoms. The van der Waals surface area contributed by atoms with Crippen LogP contribution in [-0.2, 0) is 11.0 Å². The van der Waals surface area contributed by atoms with Crippen LogP contribution in [0.1, 0.15) is 12.0 Å². The lowest BCUT2D eigenvalue weighted by Gasteiger charge is -2.16. The summed E-state index contributed by atoms with van der Waals surface area (Å²) in [5.41, 5.74) is -0.786. The van der Waals surface area contributed by atoms with Gasteiger partial charge >= 0.3 is 12.1 Å². The molecule has 1 atom stereocenters. The number of fused-ring (bicyclic) bond motifs is 1. The van der Waals surface area contributed by atoms with Gasteiger partial charge in [0.05, 0.1) is 22.2 Å². The normalized spacial score (nSPS) is 16.5. The van der Waals surface area contributed by atoms with Crippen LogP contribution in [0.3, 0.4) is 0 Å². The SMILES string of the molecule is O=C(O)CN1CCC(Oc2cc(Cl)c(-c3noc(-c4cn5cc(C(F)(F)F)cc(Cl)c5n4)n3)cc2F)C1. The Morgan fingerprint density at radius 1 is 1.19 bits per heavy atom. The monoisotopic (exact) mass is 559 g/mol. The molecule has 1 aliphatic rings. The molecule has 1 fully saturated rings. The predicted molar refractivity (Wildman–Crippen MR) is 122 cm³/mol. The van der Waals surface area contributed by atoms with Gasteiger partial charge in [-0.25, -0.2) is 9.37 Å². The van der Waals surface area contributed by atoms with Crippen LogP contribution in [-0.4, -0.2) is 61.2 Å². The Labute approximate surface area is 215 Å². The molecule has 194 valence electrons. The molecule has 5 rings (SSSR count). The summed E-state index contributed by atoms with van der Waals surface area (Å²) >= 11 is 12.3. The topological polar surface area (TPSA) is 106 Å². The van der Waals surface area contributed by atoms with Crippen LogP contribution in [0, 0.1) is 5.82 Å². The van der Waals surface area contributed by atoms with Crippen molar-refractivity contribution in [2.45, 2.75) is 18.7 Å². The Hall–Kier alpha value is -3.42. The van der Waals surface area contributed by atoms with Gasteiger partial charge in [-0.05, 0) is 18.6 Å². The van der Waals surface area contributed by atoms with E-state index in [9.17, 15) is 22.4 Å². The highest BCUT2D eigenvalue weighted by atomic mass is 35.5. The number of pyridine rings is 1. The number of aromatic nitrogens is 4. The maximum Gasteiger partial charge on any atom is 0.417 e. The fraction of sp³-hybridized carbons (Fsp3) is 0.273. The molecular weight excluding hydrogens is 545 g/mol. The van der Waals surface area contributed by atoms with Crippen LogP contribution < -0.4 is 4.74 Å². The van der Waals surface area contributed by atoms with Crippen molar-refractivity contribution in [2.75, 3.05) is 19.6 Å². The number of ether oxygens (including phenoxy) is 1. The standard InChI is InChI=1S/C22H15Cl2F4N5O4/c23-13-5-17(36-11-1-2-32(7-11)9-18(34)35)15(25)4-12(13)19-30-21(37-31-19)16-8-33-6-10(22(26,27)28)3-14(24)20(33)29-16/h3-6,8,11H,1-2,7,9H2,(H,34,35). The highest BCUT2D eigenvalue weighted by Gasteiger charge is 2.32.